The van der Waals surface area contributed by atoms with E-state index in [4.69, 9.17) is 0 Å². The van der Waals surface area contributed by atoms with Crippen molar-refractivity contribution in [3.63, 3.8) is 0 Å². The Balaban J connectivity index is 1.94. The highest BCUT2D eigenvalue weighted by Gasteiger charge is 2.44. The number of halogens is 3. The SMILES string of the molecule is OC(C1CCCN(Cc2ccccc2)C1)C(F)(F)F. The quantitative estimate of drug-likeness (QED) is 0.915. The van der Waals surface area contributed by atoms with Crippen molar-refractivity contribution in [3.05, 3.63) is 35.9 Å². The predicted octanol–water partition coefficient (Wildman–Crippen LogP) is 2.82. The summed E-state index contributed by atoms with van der Waals surface area (Å²) in [5.74, 6) is -0.711. The molecule has 2 atom stereocenters. The average molecular weight is 273 g/mol. The van der Waals surface area contributed by atoms with Gasteiger partial charge in [0, 0.05) is 19.0 Å². The van der Waals surface area contributed by atoms with Crippen LogP contribution >= 0.6 is 0 Å². The highest BCUT2D eigenvalue weighted by molar-refractivity contribution is 5.14. The summed E-state index contributed by atoms with van der Waals surface area (Å²) in [6.07, 6.45) is -5.58. The molecule has 106 valence electrons. The van der Waals surface area contributed by atoms with Gasteiger partial charge in [-0.2, -0.15) is 13.2 Å². The number of benzene rings is 1. The maximum Gasteiger partial charge on any atom is 0.414 e. The van der Waals surface area contributed by atoms with Crippen LogP contribution in [0.3, 0.4) is 0 Å². The lowest BCUT2D eigenvalue weighted by atomic mass is 9.92. The Kier molecular flexibility index (Phi) is 4.47. The van der Waals surface area contributed by atoms with Gasteiger partial charge in [-0.05, 0) is 24.9 Å². The van der Waals surface area contributed by atoms with Crippen LogP contribution in [0.5, 0.6) is 0 Å². The van der Waals surface area contributed by atoms with Gasteiger partial charge in [0.2, 0.25) is 0 Å². The zero-order valence-corrected chi connectivity index (χ0v) is 10.6. The molecular formula is C14H18F3NO. The molecule has 0 saturated carbocycles. The smallest absolute Gasteiger partial charge is 0.383 e. The molecule has 1 aliphatic heterocycles. The Hall–Kier alpha value is -1.07. The van der Waals surface area contributed by atoms with E-state index in [1.807, 2.05) is 35.2 Å². The maximum atomic E-state index is 12.5. The van der Waals surface area contributed by atoms with Crippen molar-refractivity contribution in [1.82, 2.24) is 4.90 Å². The van der Waals surface area contributed by atoms with Crippen molar-refractivity contribution in [2.45, 2.75) is 31.7 Å². The Labute approximate surface area is 110 Å². The number of aliphatic hydroxyl groups excluding tert-OH is 1. The average Bonchev–Trinajstić information content (AvgIpc) is 2.38. The molecule has 1 N–H and O–H groups in total. The summed E-state index contributed by atoms with van der Waals surface area (Å²) in [5, 5.41) is 9.34. The summed E-state index contributed by atoms with van der Waals surface area (Å²) >= 11 is 0. The highest BCUT2D eigenvalue weighted by atomic mass is 19.4. The fourth-order valence-corrected chi connectivity index (χ4v) is 2.60. The lowest BCUT2D eigenvalue weighted by Gasteiger charge is -2.35. The molecule has 2 nitrogen and oxygen atoms in total. The second-order valence-corrected chi connectivity index (χ2v) is 5.11. The zero-order valence-electron chi connectivity index (χ0n) is 10.6. The first kappa shape index (κ1) is 14.3. The number of alkyl halides is 3. The van der Waals surface area contributed by atoms with E-state index in [9.17, 15) is 18.3 Å². The van der Waals surface area contributed by atoms with Gasteiger partial charge < -0.3 is 5.11 Å². The molecule has 0 spiro atoms. The van der Waals surface area contributed by atoms with Gasteiger partial charge in [0.05, 0.1) is 0 Å². The van der Waals surface area contributed by atoms with Crippen LogP contribution < -0.4 is 0 Å². The normalized spacial score (nSPS) is 23.3. The lowest BCUT2D eigenvalue weighted by Crippen LogP contribution is -2.45. The fourth-order valence-electron chi connectivity index (χ4n) is 2.60. The molecule has 1 saturated heterocycles. The van der Waals surface area contributed by atoms with Crippen molar-refractivity contribution in [2.24, 2.45) is 5.92 Å². The molecule has 2 unspecified atom stereocenters. The lowest BCUT2D eigenvalue weighted by molar-refractivity contribution is -0.223. The van der Waals surface area contributed by atoms with Gasteiger partial charge in [0.15, 0.2) is 6.10 Å². The van der Waals surface area contributed by atoms with Gasteiger partial charge in [-0.25, -0.2) is 0 Å². The Morgan fingerprint density at radius 2 is 1.95 bits per heavy atom. The molecule has 0 bridgehead atoms. The third kappa shape index (κ3) is 3.94. The molecule has 1 aromatic carbocycles. The van der Waals surface area contributed by atoms with Crippen LogP contribution in [0.2, 0.25) is 0 Å². The van der Waals surface area contributed by atoms with E-state index in [-0.39, 0.29) is 0 Å². The molecule has 0 radical (unpaired) electrons. The van der Waals surface area contributed by atoms with Gasteiger partial charge >= 0.3 is 6.18 Å². The van der Waals surface area contributed by atoms with Gasteiger partial charge in [-0.1, -0.05) is 30.3 Å². The van der Waals surface area contributed by atoms with E-state index in [0.29, 0.717) is 25.9 Å². The highest BCUT2D eigenvalue weighted by Crippen LogP contribution is 2.31. The van der Waals surface area contributed by atoms with Crippen molar-refractivity contribution in [1.29, 1.82) is 0 Å². The summed E-state index contributed by atoms with van der Waals surface area (Å²) in [6, 6.07) is 9.67. The maximum absolute atomic E-state index is 12.5. The van der Waals surface area contributed by atoms with Crippen LogP contribution in [-0.2, 0) is 6.54 Å². The van der Waals surface area contributed by atoms with E-state index in [2.05, 4.69) is 0 Å². The Bertz CT molecular complexity index is 393. The summed E-state index contributed by atoms with van der Waals surface area (Å²) in [6.45, 7) is 1.73. The van der Waals surface area contributed by atoms with Crippen molar-refractivity contribution >= 4 is 0 Å². The minimum atomic E-state index is -4.51. The summed E-state index contributed by atoms with van der Waals surface area (Å²) in [4.78, 5) is 1.98. The van der Waals surface area contributed by atoms with Crippen LogP contribution in [0, 0.1) is 5.92 Å². The monoisotopic (exact) mass is 273 g/mol. The number of hydrogen-bond acceptors (Lipinski definition) is 2. The van der Waals surface area contributed by atoms with Gasteiger partial charge in [-0.3, -0.25) is 4.90 Å². The van der Waals surface area contributed by atoms with E-state index >= 15 is 0 Å². The first-order chi connectivity index (χ1) is 8.97. The van der Waals surface area contributed by atoms with Crippen molar-refractivity contribution < 1.29 is 18.3 Å². The summed E-state index contributed by atoms with van der Waals surface area (Å²) in [7, 11) is 0. The number of hydrogen-bond donors (Lipinski definition) is 1. The van der Waals surface area contributed by atoms with Crippen LogP contribution in [0.1, 0.15) is 18.4 Å². The minimum absolute atomic E-state index is 0.301. The molecule has 2 rings (SSSR count). The number of aliphatic hydroxyl groups is 1. The van der Waals surface area contributed by atoms with Gasteiger partial charge in [-0.15, -0.1) is 0 Å². The zero-order chi connectivity index (χ0) is 13.9. The number of likely N-dealkylation sites (tertiary alicyclic amines) is 1. The number of piperidine rings is 1. The Morgan fingerprint density at radius 3 is 2.58 bits per heavy atom. The third-order valence-corrected chi connectivity index (χ3v) is 3.57. The summed E-state index contributed by atoms with van der Waals surface area (Å²) in [5.41, 5.74) is 1.09. The largest absolute Gasteiger partial charge is 0.414 e. The molecule has 0 amide bonds. The molecule has 1 aliphatic rings. The van der Waals surface area contributed by atoms with Crippen LogP contribution in [0.15, 0.2) is 30.3 Å². The second kappa shape index (κ2) is 5.92. The minimum Gasteiger partial charge on any atom is -0.383 e. The number of rotatable bonds is 3. The predicted molar refractivity (Wildman–Crippen MR) is 66.5 cm³/mol. The molecule has 19 heavy (non-hydrogen) atoms. The molecule has 1 heterocycles. The summed E-state index contributed by atoms with van der Waals surface area (Å²) < 4.78 is 37.6. The number of nitrogens with zero attached hydrogens (tertiary/aromatic N) is 1. The van der Waals surface area contributed by atoms with Crippen LogP contribution in [0.4, 0.5) is 13.2 Å². The molecule has 0 aromatic heterocycles. The van der Waals surface area contributed by atoms with Crippen LogP contribution in [0.25, 0.3) is 0 Å². The van der Waals surface area contributed by atoms with Gasteiger partial charge in [0.25, 0.3) is 0 Å². The van der Waals surface area contributed by atoms with E-state index in [1.165, 1.54) is 0 Å². The van der Waals surface area contributed by atoms with Gasteiger partial charge in [0.1, 0.15) is 0 Å². The first-order valence-corrected chi connectivity index (χ1v) is 6.48. The topological polar surface area (TPSA) is 23.5 Å². The van der Waals surface area contributed by atoms with E-state index < -0.39 is 18.2 Å². The van der Waals surface area contributed by atoms with E-state index in [1.54, 1.807) is 0 Å². The van der Waals surface area contributed by atoms with Crippen LogP contribution in [-0.4, -0.2) is 35.4 Å². The molecular weight excluding hydrogens is 255 g/mol. The molecule has 1 aromatic rings. The van der Waals surface area contributed by atoms with Crippen molar-refractivity contribution in [2.75, 3.05) is 13.1 Å². The molecule has 1 fully saturated rings. The third-order valence-electron chi connectivity index (χ3n) is 3.57. The standard InChI is InChI=1S/C14H18F3NO/c15-14(16,17)13(19)12-7-4-8-18(10-12)9-11-5-2-1-3-6-11/h1-3,5-6,12-13,19H,4,7-10H2. The van der Waals surface area contributed by atoms with E-state index in [0.717, 1.165) is 12.1 Å². The van der Waals surface area contributed by atoms with Crippen molar-refractivity contribution in [3.8, 4) is 0 Å². The molecule has 0 aliphatic carbocycles. The Morgan fingerprint density at radius 1 is 1.26 bits per heavy atom. The fraction of sp³-hybridized carbons (Fsp3) is 0.571. The molecule has 5 heteroatoms. The first-order valence-electron chi connectivity index (χ1n) is 6.48. The second-order valence-electron chi connectivity index (χ2n) is 5.11.